The van der Waals surface area contributed by atoms with Crippen LogP contribution in [0.4, 0.5) is 5.69 Å². The van der Waals surface area contributed by atoms with Crippen molar-refractivity contribution in [3.05, 3.63) is 89.0 Å². The number of aryl methyl sites for hydroxylation is 1. The van der Waals surface area contributed by atoms with Gasteiger partial charge < -0.3 is 22.5 Å². The summed E-state index contributed by atoms with van der Waals surface area (Å²) in [5.41, 5.74) is 3.56. The van der Waals surface area contributed by atoms with E-state index in [4.69, 9.17) is 4.74 Å². The number of sulfonamides is 1. The van der Waals surface area contributed by atoms with E-state index in [1.54, 1.807) is 48.5 Å². The van der Waals surface area contributed by atoms with Crippen molar-refractivity contribution < 1.29 is 30.4 Å². The molecule has 0 unspecified atom stereocenters. The molecule has 36 heavy (non-hydrogen) atoms. The Labute approximate surface area is 217 Å². The van der Waals surface area contributed by atoms with Crippen LogP contribution < -0.4 is 22.5 Å². The van der Waals surface area contributed by atoms with E-state index in [2.05, 4.69) is 14.6 Å². The molecule has 9 heteroatoms. The van der Waals surface area contributed by atoms with Gasteiger partial charge in [0.1, 0.15) is 10.6 Å². The Kier molecular flexibility index (Phi) is 7.78. The molecule has 0 saturated carbocycles. The van der Waals surface area contributed by atoms with Crippen molar-refractivity contribution in [3.8, 4) is 5.75 Å². The van der Waals surface area contributed by atoms with Crippen LogP contribution in [0.15, 0.2) is 76.0 Å². The summed E-state index contributed by atoms with van der Waals surface area (Å²) >= 11 is 0. The Morgan fingerprint density at radius 2 is 1.78 bits per heavy atom. The van der Waals surface area contributed by atoms with E-state index in [0.717, 1.165) is 37.1 Å². The summed E-state index contributed by atoms with van der Waals surface area (Å²) in [7, 11) is -3.72. The zero-order valence-electron chi connectivity index (χ0n) is 19.9. The summed E-state index contributed by atoms with van der Waals surface area (Å²) in [5.74, 6) is 0.373. The first-order chi connectivity index (χ1) is 16.9. The predicted octanol–water partition coefficient (Wildman–Crippen LogP) is 1.77. The van der Waals surface area contributed by atoms with Crippen LogP contribution in [0.1, 0.15) is 46.3 Å². The summed E-state index contributed by atoms with van der Waals surface area (Å²) < 4.78 is 34.6. The van der Waals surface area contributed by atoms with Gasteiger partial charge in [-0.25, -0.2) is 4.79 Å². The highest BCUT2D eigenvalue weighted by atomic mass is 35.5. The number of anilines is 1. The van der Waals surface area contributed by atoms with Crippen LogP contribution in [0.25, 0.3) is 0 Å². The van der Waals surface area contributed by atoms with Gasteiger partial charge in [-0.05, 0) is 75.3 Å². The molecule has 1 saturated heterocycles. The molecule has 188 valence electrons. The summed E-state index contributed by atoms with van der Waals surface area (Å²) in [6.07, 6.45) is 3.50. The average molecular weight is 525 g/mol. The van der Waals surface area contributed by atoms with E-state index in [9.17, 15) is 13.2 Å². The molecule has 3 aromatic rings. The molecule has 2 aliphatic heterocycles. The summed E-state index contributed by atoms with van der Waals surface area (Å²) in [6.45, 7) is 4.54. The third-order valence-electron chi connectivity index (χ3n) is 6.25. The van der Waals surface area contributed by atoms with Gasteiger partial charge in [-0.15, -0.1) is 4.40 Å². The monoisotopic (exact) mass is 524 g/mol. The Morgan fingerprint density at radius 1 is 1.00 bits per heavy atom. The lowest BCUT2D eigenvalue weighted by atomic mass is 10.1. The molecule has 3 aromatic carbocycles. The lowest BCUT2D eigenvalue weighted by molar-refractivity contribution is -0.0000222. The Bertz CT molecular complexity index is 1420. The molecular weight excluding hydrogens is 498 g/mol. The minimum atomic E-state index is -3.72. The lowest BCUT2D eigenvalue weighted by Gasteiger charge is -2.27. The SMILES string of the molecule is Cc1cccc(C(=O)Oc2ccc(NC3=NS(=O)(=O)c4ccccc43)cc2CN2CCCCC2)c1.[Cl-]. The van der Waals surface area contributed by atoms with Gasteiger partial charge >= 0.3 is 5.97 Å². The number of esters is 1. The molecule has 0 atom stereocenters. The molecular formula is C27H27ClN3O4S-. The number of hydrogen-bond donors (Lipinski definition) is 1. The van der Waals surface area contributed by atoms with Gasteiger partial charge in [0.05, 0.1) is 5.56 Å². The fourth-order valence-corrected chi connectivity index (χ4v) is 5.68. The molecule has 0 aliphatic carbocycles. The molecule has 0 bridgehead atoms. The number of nitrogens with zero attached hydrogens (tertiary/aromatic N) is 2. The number of carbonyl (C=O) groups excluding carboxylic acids is 1. The maximum atomic E-state index is 12.8. The molecule has 1 N–H and O–H groups in total. The third kappa shape index (κ3) is 5.61. The van der Waals surface area contributed by atoms with E-state index in [0.29, 0.717) is 29.1 Å². The number of likely N-dealkylation sites (tertiary alicyclic amines) is 1. The molecule has 0 spiro atoms. The number of benzene rings is 3. The minimum absolute atomic E-state index is 0. The highest BCUT2D eigenvalue weighted by Gasteiger charge is 2.28. The molecule has 2 aliphatic rings. The number of piperidine rings is 1. The maximum absolute atomic E-state index is 12.8. The number of nitrogens with one attached hydrogen (secondary N) is 1. The fourth-order valence-electron chi connectivity index (χ4n) is 4.50. The minimum Gasteiger partial charge on any atom is -1.00 e. The van der Waals surface area contributed by atoms with Gasteiger partial charge in [0, 0.05) is 23.4 Å². The number of hydrogen-bond acceptors (Lipinski definition) is 6. The molecule has 0 radical (unpaired) electrons. The van der Waals surface area contributed by atoms with Crippen molar-refractivity contribution in [1.82, 2.24) is 4.90 Å². The Balaban J connectivity index is 0.00000304. The van der Waals surface area contributed by atoms with Crippen molar-refractivity contribution in [2.75, 3.05) is 18.4 Å². The van der Waals surface area contributed by atoms with Crippen molar-refractivity contribution in [1.29, 1.82) is 0 Å². The van der Waals surface area contributed by atoms with Gasteiger partial charge in [0.25, 0.3) is 10.0 Å². The molecule has 0 aromatic heterocycles. The number of fused-ring (bicyclic) bond motifs is 1. The van der Waals surface area contributed by atoms with E-state index >= 15 is 0 Å². The standard InChI is InChI=1S/C27H27N3O4S.ClH/c1-19-8-7-9-20(16-19)27(31)34-24-13-12-22(17-21(24)18-30-14-5-2-6-15-30)28-26-23-10-3-4-11-25(23)35(32,33)29-26;/h3-4,7-13,16-17H,2,5-6,14-15,18H2,1H3,(H,28,29);1H/p-1. The van der Waals surface area contributed by atoms with Gasteiger partial charge in [0.2, 0.25) is 0 Å². The van der Waals surface area contributed by atoms with Crippen LogP contribution in [0, 0.1) is 6.92 Å². The average Bonchev–Trinajstić information content (AvgIpc) is 3.11. The smallest absolute Gasteiger partial charge is 0.343 e. The number of amidine groups is 1. The second-order valence-corrected chi connectivity index (χ2v) is 10.5. The largest absolute Gasteiger partial charge is 1.00 e. The van der Waals surface area contributed by atoms with Gasteiger partial charge in [-0.1, -0.05) is 36.2 Å². The summed E-state index contributed by atoms with van der Waals surface area (Å²) in [6, 6.07) is 19.5. The van der Waals surface area contributed by atoms with Crippen molar-refractivity contribution in [2.24, 2.45) is 4.40 Å². The van der Waals surface area contributed by atoms with Gasteiger partial charge in [0.15, 0.2) is 5.84 Å². The zero-order chi connectivity index (χ0) is 24.4. The molecule has 0 amide bonds. The predicted molar refractivity (Wildman–Crippen MR) is 135 cm³/mol. The molecule has 1 fully saturated rings. The Hall–Kier alpha value is -3.20. The van der Waals surface area contributed by atoms with Gasteiger partial charge in [-0.2, -0.15) is 8.42 Å². The van der Waals surface area contributed by atoms with Crippen LogP contribution in [-0.4, -0.2) is 38.2 Å². The number of ether oxygens (including phenoxy) is 1. The number of rotatable bonds is 5. The molecule has 5 rings (SSSR count). The second kappa shape index (κ2) is 10.8. The van der Waals surface area contributed by atoms with Crippen molar-refractivity contribution >= 4 is 27.5 Å². The molecule has 2 heterocycles. The van der Waals surface area contributed by atoms with Crippen molar-refractivity contribution in [2.45, 2.75) is 37.6 Å². The topological polar surface area (TPSA) is 88.1 Å². The highest BCUT2D eigenvalue weighted by molar-refractivity contribution is 7.90. The van der Waals surface area contributed by atoms with Gasteiger partial charge in [-0.3, -0.25) is 4.90 Å². The Morgan fingerprint density at radius 3 is 2.56 bits per heavy atom. The van der Waals surface area contributed by atoms with Crippen LogP contribution in [0.3, 0.4) is 0 Å². The zero-order valence-corrected chi connectivity index (χ0v) is 21.5. The van der Waals surface area contributed by atoms with E-state index in [-0.39, 0.29) is 23.1 Å². The van der Waals surface area contributed by atoms with E-state index < -0.39 is 16.0 Å². The lowest BCUT2D eigenvalue weighted by Crippen LogP contribution is -3.00. The number of carbonyl (C=O) groups is 1. The number of halogens is 1. The van der Waals surface area contributed by atoms with Crippen LogP contribution in [0.5, 0.6) is 5.75 Å². The normalized spacial score (nSPS) is 16.4. The van der Waals surface area contributed by atoms with Crippen LogP contribution >= 0.6 is 0 Å². The van der Waals surface area contributed by atoms with Crippen molar-refractivity contribution in [3.63, 3.8) is 0 Å². The highest BCUT2D eigenvalue weighted by Crippen LogP contribution is 2.30. The second-order valence-electron chi connectivity index (χ2n) is 8.95. The fraction of sp³-hybridized carbons (Fsp3) is 0.259. The summed E-state index contributed by atoms with van der Waals surface area (Å²) in [5, 5.41) is 3.16. The first-order valence-corrected chi connectivity index (χ1v) is 13.2. The van der Waals surface area contributed by atoms with E-state index in [1.807, 2.05) is 25.1 Å². The summed E-state index contributed by atoms with van der Waals surface area (Å²) in [4.78, 5) is 15.4. The third-order valence-corrected chi connectivity index (χ3v) is 7.59. The first-order valence-electron chi connectivity index (χ1n) is 11.7. The maximum Gasteiger partial charge on any atom is 0.343 e. The molecule has 7 nitrogen and oxygen atoms in total. The first kappa shape index (κ1) is 25.9. The van der Waals surface area contributed by atoms with Crippen LogP contribution in [0.2, 0.25) is 0 Å². The quantitative estimate of drug-likeness (QED) is 0.404. The van der Waals surface area contributed by atoms with E-state index in [1.165, 1.54) is 6.42 Å². The van der Waals surface area contributed by atoms with Crippen LogP contribution in [-0.2, 0) is 16.6 Å².